The van der Waals surface area contributed by atoms with Crippen molar-refractivity contribution < 1.29 is 4.79 Å². The van der Waals surface area contributed by atoms with Gasteiger partial charge in [-0.25, -0.2) is 0 Å². The quantitative estimate of drug-likeness (QED) is 0.838. The van der Waals surface area contributed by atoms with Gasteiger partial charge in [-0.15, -0.1) is 0 Å². The van der Waals surface area contributed by atoms with E-state index in [9.17, 15) is 4.79 Å². The normalized spacial score (nSPS) is 18.7. The lowest BCUT2D eigenvalue weighted by Gasteiger charge is -2.32. The number of carbonyl (C=O) groups is 1. The summed E-state index contributed by atoms with van der Waals surface area (Å²) in [6, 6.07) is 7.14. The fraction of sp³-hybridized carbons (Fsp3) is 0.333. The molecule has 1 atom stereocenters. The van der Waals surface area contributed by atoms with Crippen molar-refractivity contribution in [3.05, 3.63) is 46.7 Å². The number of likely N-dealkylation sites (tertiary alicyclic amines) is 1. The minimum Gasteiger partial charge on any atom is -0.398 e. The zero-order chi connectivity index (χ0) is 14.8. The average Bonchev–Trinajstić information content (AvgIpc) is 3.04. The summed E-state index contributed by atoms with van der Waals surface area (Å²) >= 11 is 6.15. The molecule has 110 valence electrons. The number of hydrogen-bond donors (Lipinski definition) is 2. The van der Waals surface area contributed by atoms with E-state index in [2.05, 4.69) is 10.2 Å². The van der Waals surface area contributed by atoms with Gasteiger partial charge in [0, 0.05) is 30.9 Å². The van der Waals surface area contributed by atoms with Crippen molar-refractivity contribution in [2.75, 3.05) is 18.8 Å². The molecule has 0 bridgehead atoms. The number of nitrogens with one attached hydrogen (secondary N) is 1. The second kappa shape index (κ2) is 5.77. The molecule has 1 aliphatic rings. The summed E-state index contributed by atoms with van der Waals surface area (Å²) in [4.78, 5) is 14.5. The summed E-state index contributed by atoms with van der Waals surface area (Å²) in [5.41, 5.74) is 7.76. The fourth-order valence-electron chi connectivity index (χ4n) is 2.79. The highest BCUT2D eigenvalue weighted by Crippen LogP contribution is 2.29. The van der Waals surface area contributed by atoms with Gasteiger partial charge in [0.1, 0.15) is 0 Å². The highest BCUT2D eigenvalue weighted by Gasteiger charge is 2.27. The number of carbonyl (C=O) groups excluding carboxylic acids is 1. The van der Waals surface area contributed by atoms with Gasteiger partial charge < -0.3 is 10.6 Å². The Kier molecular flexibility index (Phi) is 3.84. The number of rotatable bonds is 2. The molecule has 5 nitrogen and oxygen atoms in total. The number of H-pyrrole nitrogens is 1. The van der Waals surface area contributed by atoms with Crippen molar-refractivity contribution in [2.24, 2.45) is 0 Å². The van der Waals surface area contributed by atoms with E-state index in [1.165, 1.54) is 0 Å². The van der Waals surface area contributed by atoms with E-state index in [1.807, 2.05) is 11.0 Å². The van der Waals surface area contributed by atoms with Gasteiger partial charge in [0.15, 0.2) is 0 Å². The van der Waals surface area contributed by atoms with Crippen LogP contribution in [0, 0.1) is 0 Å². The summed E-state index contributed by atoms with van der Waals surface area (Å²) < 4.78 is 0. The topological polar surface area (TPSA) is 75.0 Å². The maximum absolute atomic E-state index is 12.6. The molecular formula is C15H17ClN4O. The molecule has 1 fully saturated rings. The highest BCUT2D eigenvalue weighted by atomic mass is 35.5. The number of benzene rings is 1. The first-order valence-corrected chi connectivity index (χ1v) is 7.37. The van der Waals surface area contributed by atoms with Gasteiger partial charge in [0.05, 0.1) is 16.3 Å². The molecule has 0 saturated carbocycles. The van der Waals surface area contributed by atoms with Crippen LogP contribution in [0.3, 0.4) is 0 Å². The predicted octanol–water partition coefficient (Wildman–Crippen LogP) is 2.67. The van der Waals surface area contributed by atoms with Crippen LogP contribution >= 0.6 is 11.6 Å². The second-order valence-corrected chi connectivity index (χ2v) is 5.69. The highest BCUT2D eigenvalue weighted by molar-refractivity contribution is 6.36. The standard InChI is InChI=1S/C15H17ClN4O/c16-14-11(4-1-5-12(14)17)15(21)20-8-2-3-10(9-20)13-6-7-18-19-13/h1,4-7,10H,2-3,8-9,17H2,(H,18,19). The van der Waals surface area contributed by atoms with E-state index in [4.69, 9.17) is 17.3 Å². The number of nitrogens with two attached hydrogens (primary N) is 1. The third-order valence-corrected chi connectivity index (χ3v) is 4.35. The summed E-state index contributed by atoms with van der Waals surface area (Å²) in [7, 11) is 0. The van der Waals surface area contributed by atoms with Crippen molar-refractivity contribution >= 4 is 23.2 Å². The Morgan fingerprint density at radius 2 is 2.29 bits per heavy atom. The van der Waals surface area contributed by atoms with Crippen molar-refractivity contribution in [1.82, 2.24) is 15.1 Å². The molecule has 1 aliphatic heterocycles. The molecule has 1 unspecified atom stereocenters. The molecule has 0 radical (unpaired) electrons. The van der Waals surface area contributed by atoms with Gasteiger partial charge in [-0.05, 0) is 31.0 Å². The SMILES string of the molecule is Nc1cccc(C(=O)N2CCCC(c3ccn[nH]3)C2)c1Cl. The van der Waals surface area contributed by atoms with Gasteiger partial charge in [-0.3, -0.25) is 9.89 Å². The first-order valence-electron chi connectivity index (χ1n) is 6.99. The second-order valence-electron chi connectivity index (χ2n) is 5.31. The van der Waals surface area contributed by atoms with Crippen LogP contribution in [0.15, 0.2) is 30.5 Å². The van der Waals surface area contributed by atoms with Crippen molar-refractivity contribution in [3.63, 3.8) is 0 Å². The van der Waals surface area contributed by atoms with E-state index >= 15 is 0 Å². The minimum absolute atomic E-state index is 0.0588. The first kappa shape index (κ1) is 13.9. The van der Waals surface area contributed by atoms with Crippen LogP contribution in [-0.2, 0) is 0 Å². The number of anilines is 1. The Labute approximate surface area is 128 Å². The average molecular weight is 305 g/mol. The molecule has 21 heavy (non-hydrogen) atoms. The molecule has 1 amide bonds. The summed E-state index contributed by atoms with van der Waals surface area (Å²) in [5, 5.41) is 7.32. The minimum atomic E-state index is -0.0588. The van der Waals surface area contributed by atoms with Crippen LogP contribution in [0.1, 0.15) is 34.8 Å². The lowest BCUT2D eigenvalue weighted by molar-refractivity contribution is 0.0706. The fourth-order valence-corrected chi connectivity index (χ4v) is 3.00. The maximum Gasteiger partial charge on any atom is 0.255 e. The molecule has 6 heteroatoms. The van der Waals surface area contributed by atoms with E-state index in [-0.39, 0.29) is 5.91 Å². The lowest BCUT2D eigenvalue weighted by Crippen LogP contribution is -2.39. The maximum atomic E-state index is 12.6. The molecule has 3 N–H and O–H groups in total. The van der Waals surface area contributed by atoms with E-state index in [1.54, 1.807) is 24.4 Å². The zero-order valence-electron chi connectivity index (χ0n) is 11.6. The molecule has 0 spiro atoms. The lowest BCUT2D eigenvalue weighted by atomic mass is 9.94. The molecule has 2 aromatic rings. The van der Waals surface area contributed by atoms with Gasteiger partial charge in [0.25, 0.3) is 5.91 Å². The number of nitrogen functional groups attached to an aromatic ring is 1. The molecule has 2 heterocycles. The Morgan fingerprint density at radius 1 is 1.43 bits per heavy atom. The molecule has 3 rings (SSSR count). The first-order chi connectivity index (χ1) is 10.2. The van der Waals surface area contributed by atoms with Crippen molar-refractivity contribution in [2.45, 2.75) is 18.8 Å². The van der Waals surface area contributed by atoms with E-state index in [0.29, 0.717) is 28.7 Å². The number of aromatic nitrogens is 2. The van der Waals surface area contributed by atoms with Crippen molar-refractivity contribution in [3.8, 4) is 0 Å². The number of aromatic amines is 1. The number of amides is 1. The van der Waals surface area contributed by atoms with Crippen LogP contribution in [-0.4, -0.2) is 34.1 Å². The molecule has 1 aromatic heterocycles. The summed E-state index contributed by atoms with van der Waals surface area (Å²) in [5.74, 6) is 0.238. The van der Waals surface area contributed by atoms with Gasteiger partial charge >= 0.3 is 0 Å². The number of nitrogens with zero attached hydrogens (tertiary/aromatic N) is 2. The molecule has 0 aliphatic carbocycles. The Bertz CT molecular complexity index is 641. The number of hydrogen-bond acceptors (Lipinski definition) is 3. The molecule has 1 aromatic carbocycles. The van der Waals surface area contributed by atoms with Gasteiger partial charge in [0.2, 0.25) is 0 Å². The van der Waals surface area contributed by atoms with Crippen LogP contribution in [0.5, 0.6) is 0 Å². The van der Waals surface area contributed by atoms with Crippen LogP contribution in [0.4, 0.5) is 5.69 Å². The largest absolute Gasteiger partial charge is 0.398 e. The third kappa shape index (κ3) is 2.74. The smallest absolute Gasteiger partial charge is 0.255 e. The van der Waals surface area contributed by atoms with Gasteiger partial charge in [-0.1, -0.05) is 17.7 Å². The van der Waals surface area contributed by atoms with Gasteiger partial charge in [-0.2, -0.15) is 5.10 Å². The monoisotopic (exact) mass is 304 g/mol. The van der Waals surface area contributed by atoms with Crippen LogP contribution in [0.25, 0.3) is 0 Å². The molecular weight excluding hydrogens is 288 g/mol. The van der Waals surface area contributed by atoms with E-state index in [0.717, 1.165) is 25.1 Å². The van der Waals surface area contributed by atoms with Crippen LogP contribution in [0.2, 0.25) is 5.02 Å². The molecule has 1 saturated heterocycles. The Morgan fingerprint density at radius 3 is 3.05 bits per heavy atom. The summed E-state index contributed by atoms with van der Waals surface area (Å²) in [6.45, 7) is 1.42. The van der Waals surface area contributed by atoms with Crippen molar-refractivity contribution in [1.29, 1.82) is 0 Å². The zero-order valence-corrected chi connectivity index (χ0v) is 12.3. The van der Waals surface area contributed by atoms with Crippen LogP contribution < -0.4 is 5.73 Å². The van der Waals surface area contributed by atoms with E-state index < -0.39 is 0 Å². The number of halogens is 1. The predicted molar refractivity (Wildman–Crippen MR) is 82.3 cm³/mol. The Balaban J connectivity index is 1.80. The Hall–Kier alpha value is -2.01. The summed E-state index contributed by atoms with van der Waals surface area (Å²) in [6.07, 6.45) is 3.76. The third-order valence-electron chi connectivity index (χ3n) is 3.93. The number of piperidine rings is 1.